The molecule has 3 aromatic carbocycles. The molecule has 0 aliphatic carbocycles. The topological polar surface area (TPSA) is 87.7 Å². The van der Waals surface area contributed by atoms with Gasteiger partial charge in [0.2, 0.25) is 17.7 Å². The van der Waals surface area contributed by atoms with Gasteiger partial charge in [0.15, 0.2) is 0 Å². The first-order valence-electron chi connectivity index (χ1n) is 13.7. The van der Waals surface area contributed by atoms with Crippen LogP contribution in [0.15, 0.2) is 66.7 Å². The summed E-state index contributed by atoms with van der Waals surface area (Å²) in [6, 6.07) is 18.6. The van der Waals surface area contributed by atoms with Crippen LogP contribution in [0.25, 0.3) is 11.1 Å². The van der Waals surface area contributed by atoms with Crippen LogP contribution in [0.2, 0.25) is 10.0 Å². The molecule has 0 bridgehead atoms. The predicted molar refractivity (Wildman–Crippen MR) is 155 cm³/mol. The van der Waals surface area contributed by atoms with Gasteiger partial charge in [-0.2, -0.15) is 0 Å². The maximum absolute atomic E-state index is 13.3. The number of nitrogens with one attached hydrogen (secondary N) is 2. The van der Waals surface area contributed by atoms with Gasteiger partial charge < -0.3 is 15.0 Å². The van der Waals surface area contributed by atoms with Crippen molar-refractivity contribution in [1.29, 1.82) is 0 Å². The molecule has 43 heavy (non-hydrogen) atoms. The Kier molecular flexibility index (Phi) is 9.29. The zero-order valence-corrected chi connectivity index (χ0v) is 24.3. The second-order valence-corrected chi connectivity index (χ2v) is 11.5. The van der Waals surface area contributed by atoms with E-state index in [2.05, 4.69) is 15.4 Å². The van der Waals surface area contributed by atoms with E-state index in [9.17, 15) is 27.6 Å². The van der Waals surface area contributed by atoms with Gasteiger partial charge in [-0.25, -0.2) is 0 Å². The first kappa shape index (κ1) is 30.8. The summed E-state index contributed by atoms with van der Waals surface area (Å²) >= 11 is 12.4. The van der Waals surface area contributed by atoms with Gasteiger partial charge in [0, 0.05) is 65.6 Å². The van der Waals surface area contributed by atoms with E-state index in [0.29, 0.717) is 40.7 Å². The lowest BCUT2D eigenvalue weighted by Crippen LogP contribution is -2.52. The third kappa shape index (κ3) is 7.68. The number of hydrogen-bond donors (Lipinski definition) is 2. The molecule has 2 fully saturated rings. The van der Waals surface area contributed by atoms with Crippen molar-refractivity contribution in [3.05, 3.63) is 87.9 Å². The molecule has 5 rings (SSSR count). The number of carbonyl (C=O) groups excluding carboxylic acids is 3. The van der Waals surface area contributed by atoms with E-state index in [1.54, 1.807) is 29.2 Å². The van der Waals surface area contributed by atoms with E-state index >= 15 is 0 Å². The second kappa shape index (κ2) is 13.0. The van der Waals surface area contributed by atoms with Crippen LogP contribution in [0.1, 0.15) is 36.3 Å². The molecule has 2 heterocycles. The Labute approximate surface area is 256 Å². The number of benzene rings is 3. The average molecular weight is 634 g/mol. The lowest BCUT2D eigenvalue weighted by atomic mass is 9.84. The minimum Gasteiger partial charge on any atom is -0.405 e. The van der Waals surface area contributed by atoms with Crippen LogP contribution >= 0.6 is 23.2 Å². The number of nitrogens with zero attached hydrogens (tertiary/aromatic N) is 1. The summed E-state index contributed by atoms with van der Waals surface area (Å²) in [5.41, 5.74) is 2.43. The fourth-order valence-corrected chi connectivity index (χ4v) is 6.24. The number of piperidine rings is 2. The highest BCUT2D eigenvalue weighted by Gasteiger charge is 2.38. The highest BCUT2D eigenvalue weighted by Crippen LogP contribution is 2.36. The third-order valence-electron chi connectivity index (χ3n) is 7.73. The fourth-order valence-electron chi connectivity index (χ4n) is 5.72. The molecule has 0 spiro atoms. The number of carbonyl (C=O) groups is 3. The number of likely N-dealkylation sites (tertiary alicyclic amines) is 1. The van der Waals surface area contributed by atoms with Gasteiger partial charge in [-0.1, -0.05) is 65.7 Å². The largest absolute Gasteiger partial charge is 0.573 e. The normalized spacial score (nSPS) is 19.7. The molecule has 2 aliphatic heterocycles. The number of alkyl halides is 3. The molecule has 0 saturated carbocycles. The molecule has 3 amide bonds. The summed E-state index contributed by atoms with van der Waals surface area (Å²) < 4.78 is 44.2. The van der Waals surface area contributed by atoms with E-state index in [-0.39, 0.29) is 48.6 Å². The lowest BCUT2D eigenvalue weighted by Gasteiger charge is -2.41. The summed E-state index contributed by atoms with van der Waals surface area (Å²) in [6.45, 7) is 0.724. The van der Waals surface area contributed by atoms with E-state index in [4.69, 9.17) is 23.2 Å². The number of halogens is 5. The molecule has 2 saturated heterocycles. The molecule has 2 aliphatic rings. The predicted octanol–water partition coefficient (Wildman–Crippen LogP) is 6.09. The highest BCUT2D eigenvalue weighted by molar-refractivity contribution is 6.36. The van der Waals surface area contributed by atoms with Crippen LogP contribution in [0.5, 0.6) is 5.75 Å². The highest BCUT2D eigenvalue weighted by atomic mass is 35.5. The smallest absolute Gasteiger partial charge is 0.405 e. The van der Waals surface area contributed by atoms with Crippen LogP contribution in [0, 0.1) is 5.92 Å². The molecule has 12 heteroatoms. The van der Waals surface area contributed by atoms with Gasteiger partial charge in [0.25, 0.3) is 0 Å². The Morgan fingerprint density at radius 3 is 2.40 bits per heavy atom. The SMILES string of the molecule is O=C1CC(C(=O)N2CC[C@H](NCc3cc(-c4ccc(Cl)cc4Cl)ccc3OC(F)(F)F)[C@H](c3ccccc3)C2)CC(=O)N1. The van der Waals surface area contributed by atoms with Crippen molar-refractivity contribution >= 4 is 40.9 Å². The number of ether oxygens (including phenoxy) is 1. The van der Waals surface area contributed by atoms with Crippen LogP contribution in [-0.4, -0.2) is 48.1 Å². The van der Waals surface area contributed by atoms with Crippen LogP contribution in [0.3, 0.4) is 0 Å². The van der Waals surface area contributed by atoms with Gasteiger partial charge in [-0.05, 0) is 41.8 Å². The van der Waals surface area contributed by atoms with Crippen LogP contribution in [-0.2, 0) is 20.9 Å². The van der Waals surface area contributed by atoms with Crippen molar-refractivity contribution in [3.8, 4) is 16.9 Å². The molecule has 226 valence electrons. The van der Waals surface area contributed by atoms with Gasteiger partial charge in [0.05, 0.1) is 5.92 Å². The minimum atomic E-state index is -4.89. The quantitative estimate of drug-likeness (QED) is 0.308. The Morgan fingerprint density at radius 1 is 1.00 bits per heavy atom. The molecule has 0 radical (unpaired) electrons. The fraction of sp³-hybridized carbons (Fsp3) is 0.323. The molecular formula is C31H28Cl2F3N3O4. The third-order valence-corrected chi connectivity index (χ3v) is 8.27. The first-order valence-corrected chi connectivity index (χ1v) is 14.5. The number of imide groups is 1. The monoisotopic (exact) mass is 633 g/mol. The van der Waals surface area contributed by atoms with Gasteiger partial charge >= 0.3 is 6.36 Å². The maximum Gasteiger partial charge on any atom is 0.573 e. The van der Waals surface area contributed by atoms with Crippen molar-refractivity contribution < 1.29 is 32.3 Å². The van der Waals surface area contributed by atoms with E-state index in [1.807, 2.05) is 30.3 Å². The van der Waals surface area contributed by atoms with Crippen molar-refractivity contribution in [3.63, 3.8) is 0 Å². The van der Waals surface area contributed by atoms with Crippen molar-refractivity contribution in [2.24, 2.45) is 5.92 Å². The van der Waals surface area contributed by atoms with Crippen molar-refractivity contribution in [2.45, 2.75) is 44.1 Å². The Bertz CT molecular complexity index is 1500. The van der Waals surface area contributed by atoms with Crippen LogP contribution in [0.4, 0.5) is 13.2 Å². The molecule has 2 atom stereocenters. The zero-order valence-electron chi connectivity index (χ0n) is 22.8. The molecule has 2 N–H and O–H groups in total. The van der Waals surface area contributed by atoms with Gasteiger partial charge in [0.1, 0.15) is 5.75 Å². The molecule has 7 nitrogen and oxygen atoms in total. The molecular weight excluding hydrogens is 606 g/mol. The Balaban J connectivity index is 1.38. The van der Waals surface area contributed by atoms with E-state index in [1.165, 1.54) is 12.1 Å². The first-order chi connectivity index (χ1) is 20.5. The molecule has 3 aromatic rings. The summed E-state index contributed by atoms with van der Waals surface area (Å²) in [5.74, 6) is -2.44. The average Bonchev–Trinajstić information content (AvgIpc) is 2.95. The van der Waals surface area contributed by atoms with Crippen LogP contribution < -0.4 is 15.4 Å². The summed E-state index contributed by atoms with van der Waals surface area (Å²) in [5, 5.41) is 6.43. The van der Waals surface area contributed by atoms with E-state index < -0.39 is 24.1 Å². The summed E-state index contributed by atoms with van der Waals surface area (Å²) in [6.07, 6.45) is -4.48. The number of rotatable bonds is 7. The zero-order chi connectivity index (χ0) is 30.7. The second-order valence-electron chi connectivity index (χ2n) is 10.6. The Hall–Kier alpha value is -3.60. The number of hydrogen-bond acceptors (Lipinski definition) is 5. The standard InChI is InChI=1S/C31H28Cl2F3N3O4/c32-22-7-8-23(25(33)15-22)19-6-9-27(43-31(34,35)36)21(12-19)16-37-26-10-11-39(17-24(26)18-4-2-1-3-5-18)30(42)20-13-28(40)38-29(41)14-20/h1-9,12,15,20,24,26,37H,10-11,13-14,16-17H2,(H,38,40,41)/t24-,26-/m0/s1. The Morgan fingerprint density at radius 2 is 1.72 bits per heavy atom. The minimum absolute atomic E-state index is 0.0453. The van der Waals surface area contributed by atoms with E-state index in [0.717, 1.165) is 5.56 Å². The molecule has 0 unspecified atom stereocenters. The number of amides is 3. The summed E-state index contributed by atoms with van der Waals surface area (Å²) in [4.78, 5) is 38.8. The van der Waals surface area contributed by atoms with Crippen molar-refractivity contribution in [2.75, 3.05) is 13.1 Å². The molecule has 0 aromatic heterocycles. The van der Waals surface area contributed by atoms with Gasteiger partial charge in [-0.15, -0.1) is 13.2 Å². The summed E-state index contributed by atoms with van der Waals surface area (Å²) in [7, 11) is 0. The van der Waals surface area contributed by atoms with Gasteiger partial charge in [-0.3, -0.25) is 19.7 Å². The van der Waals surface area contributed by atoms with Crippen molar-refractivity contribution in [1.82, 2.24) is 15.5 Å². The maximum atomic E-state index is 13.3. The lowest BCUT2D eigenvalue weighted by molar-refractivity contribution is -0.274.